The molecule has 1 aromatic heterocycles. The maximum absolute atomic E-state index is 12.7. The van der Waals surface area contributed by atoms with Crippen LogP contribution in [0.5, 0.6) is 0 Å². The van der Waals surface area contributed by atoms with Crippen LogP contribution in [0.15, 0.2) is 34.7 Å². The summed E-state index contributed by atoms with van der Waals surface area (Å²) < 4.78 is 5.39. The van der Waals surface area contributed by atoms with Crippen LogP contribution >= 0.6 is 0 Å². The van der Waals surface area contributed by atoms with Crippen LogP contribution in [0.25, 0.3) is 0 Å². The Morgan fingerprint density at radius 3 is 2.62 bits per heavy atom. The van der Waals surface area contributed by atoms with Crippen molar-refractivity contribution in [2.45, 2.75) is 19.8 Å². The molecule has 1 atom stereocenters. The molecule has 0 saturated heterocycles. The van der Waals surface area contributed by atoms with Crippen molar-refractivity contribution < 1.29 is 19.1 Å². The Morgan fingerprint density at radius 1 is 1.29 bits per heavy atom. The third kappa shape index (κ3) is 2.11. The highest BCUT2D eigenvalue weighted by Crippen LogP contribution is 2.37. The molecule has 1 aromatic carbocycles. The van der Waals surface area contributed by atoms with Gasteiger partial charge in [-0.3, -0.25) is 9.59 Å². The average molecular weight is 285 g/mol. The highest BCUT2D eigenvalue weighted by molar-refractivity contribution is 6.09. The Kier molecular flexibility index (Phi) is 3.05. The van der Waals surface area contributed by atoms with Crippen LogP contribution in [-0.4, -0.2) is 23.5 Å². The average Bonchev–Trinajstić information content (AvgIpc) is 2.98. The molecule has 0 radical (unpaired) electrons. The molecule has 1 N–H and O–H groups in total. The molecule has 0 spiro atoms. The Bertz CT molecular complexity index is 732. The van der Waals surface area contributed by atoms with Crippen LogP contribution in [0.4, 0.5) is 5.69 Å². The summed E-state index contributed by atoms with van der Waals surface area (Å²) in [5, 5.41) is 9.33. The van der Waals surface area contributed by atoms with Crippen molar-refractivity contribution in [1.82, 2.24) is 0 Å². The fourth-order valence-electron chi connectivity index (χ4n) is 2.80. The lowest BCUT2D eigenvalue weighted by atomic mass is 10.0. The molecular weight excluding hydrogens is 270 g/mol. The summed E-state index contributed by atoms with van der Waals surface area (Å²) in [6, 6.07) is 8.81. The normalized spacial score (nSPS) is 16.9. The molecule has 0 bridgehead atoms. The highest BCUT2D eigenvalue weighted by atomic mass is 16.4. The molecule has 0 saturated carbocycles. The zero-order valence-corrected chi connectivity index (χ0v) is 11.8. The van der Waals surface area contributed by atoms with Gasteiger partial charge >= 0.3 is 5.97 Å². The van der Waals surface area contributed by atoms with Gasteiger partial charge in [-0.15, -0.1) is 0 Å². The van der Waals surface area contributed by atoms with E-state index in [-0.39, 0.29) is 12.5 Å². The fraction of sp³-hybridized carbons (Fsp3) is 0.250. The molecule has 5 heteroatoms. The number of aryl methyl sites for hydroxylation is 2. The number of furan rings is 1. The number of rotatable bonds is 2. The monoisotopic (exact) mass is 285 g/mol. The van der Waals surface area contributed by atoms with Crippen molar-refractivity contribution in [3.05, 3.63) is 53.0 Å². The van der Waals surface area contributed by atoms with Crippen LogP contribution in [0.2, 0.25) is 0 Å². The number of para-hydroxylation sites is 1. The van der Waals surface area contributed by atoms with Gasteiger partial charge in [-0.2, -0.15) is 0 Å². The van der Waals surface area contributed by atoms with Gasteiger partial charge in [0.25, 0.3) is 5.91 Å². The molecule has 2 heterocycles. The third-order valence-corrected chi connectivity index (χ3v) is 3.78. The first-order valence-electron chi connectivity index (χ1n) is 6.69. The summed E-state index contributed by atoms with van der Waals surface area (Å²) in [6.07, 6.45) is 0. The fourth-order valence-corrected chi connectivity index (χ4v) is 2.80. The number of carbonyl (C=O) groups excluding carboxylic acids is 1. The van der Waals surface area contributed by atoms with E-state index >= 15 is 0 Å². The first-order valence-corrected chi connectivity index (χ1v) is 6.69. The first-order chi connectivity index (χ1) is 9.99. The summed E-state index contributed by atoms with van der Waals surface area (Å²) >= 11 is 0. The zero-order valence-electron chi connectivity index (χ0n) is 11.8. The minimum Gasteiger partial charge on any atom is -0.481 e. The second-order valence-electron chi connectivity index (χ2n) is 5.19. The quantitative estimate of drug-likeness (QED) is 0.921. The van der Waals surface area contributed by atoms with Crippen LogP contribution in [-0.2, 0) is 4.79 Å². The number of nitrogens with zero attached hydrogens (tertiary/aromatic N) is 1. The standard InChI is InChI=1S/C16H15NO4/c1-9-7-12(10(2)21-9)15(18)17-8-13(16(19)20)11-5-3-4-6-14(11)17/h3-7,13H,8H2,1-2H3,(H,19,20). The number of fused-ring (bicyclic) bond motifs is 1. The maximum Gasteiger partial charge on any atom is 0.312 e. The summed E-state index contributed by atoms with van der Waals surface area (Å²) in [4.78, 5) is 25.6. The van der Waals surface area contributed by atoms with Gasteiger partial charge < -0.3 is 14.4 Å². The van der Waals surface area contributed by atoms with E-state index in [9.17, 15) is 14.7 Å². The van der Waals surface area contributed by atoms with E-state index in [0.717, 1.165) is 0 Å². The third-order valence-electron chi connectivity index (χ3n) is 3.78. The van der Waals surface area contributed by atoms with Gasteiger partial charge in [-0.25, -0.2) is 0 Å². The van der Waals surface area contributed by atoms with Gasteiger partial charge in [0.15, 0.2) is 0 Å². The van der Waals surface area contributed by atoms with Gasteiger partial charge in [0, 0.05) is 12.2 Å². The van der Waals surface area contributed by atoms with E-state index in [4.69, 9.17) is 4.42 Å². The molecule has 2 aromatic rings. The summed E-state index contributed by atoms with van der Waals surface area (Å²) in [5.74, 6) is -0.608. The molecule has 108 valence electrons. The number of carboxylic acids is 1. The second kappa shape index (κ2) is 4.77. The van der Waals surface area contributed by atoms with Gasteiger partial charge in [-0.1, -0.05) is 18.2 Å². The number of aliphatic carboxylic acids is 1. The van der Waals surface area contributed by atoms with E-state index in [1.54, 1.807) is 44.2 Å². The minimum absolute atomic E-state index is 0.150. The lowest BCUT2D eigenvalue weighted by Crippen LogP contribution is -2.31. The lowest BCUT2D eigenvalue weighted by molar-refractivity contribution is -0.138. The minimum atomic E-state index is -0.919. The van der Waals surface area contributed by atoms with Gasteiger partial charge in [-0.05, 0) is 31.5 Å². The Hall–Kier alpha value is -2.56. The van der Waals surface area contributed by atoms with Crippen molar-refractivity contribution in [2.24, 2.45) is 0 Å². The van der Waals surface area contributed by atoms with Crippen LogP contribution in [0.1, 0.15) is 33.4 Å². The van der Waals surface area contributed by atoms with Crippen LogP contribution in [0.3, 0.4) is 0 Å². The van der Waals surface area contributed by atoms with E-state index in [2.05, 4.69) is 0 Å². The summed E-state index contributed by atoms with van der Waals surface area (Å²) in [6.45, 7) is 3.66. The van der Waals surface area contributed by atoms with Crippen LogP contribution < -0.4 is 4.90 Å². The molecule has 5 nitrogen and oxygen atoms in total. The van der Waals surface area contributed by atoms with E-state index in [0.29, 0.717) is 28.3 Å². The molecule has 0 fully saturated rings. The molecule has 3 rings (SSSR count). The van der Waals surface area contributed by atoms with E-state index in [1.807, 2.05) is 0 Å². The Balaban J connectivity index is 2.02. The second-order valence-corrected chi connectivity index (χ2v) is 5.19. The Morgan fingerprint density at radius 2 is 2.00 bits per heavy atom. The Labute approximate surface area is 121 Å². The molecule has 0 aliphatic carbocycles. The molecule has 21 heavy (non-hydrogen) atoms. The summed E-state index contributed by atoms with van der Waals surface area (Å²) in [5.41, 5.74) is 1.82. The van der Waals surface area contributed by atoms with Crippen molar-refractivity contribution in [3.63, 3.8) is 0 Å². The lowest BCUT2D eigenvalue weighted by Gasteiger charge is -2.16. The van der Waals surface area contributed by atoms with Crippen molar-refractivity contribution in [3.8, 4) is 0 Å². The van der Waals surface area contributed by atoms with E-state index < -0.39 is 11.9 Å². The SMILES string of the molecule is Cc1cc(C(=O)N2CC(C(=O)O)c3ccccc32)c(C)o1. The molecule has 1 aliphatic heterocycles. The van der Waals surface area contributed by atoms with Gasteiger partial charge in [0.2, 0.25) is 0 Å². The number of benzene rings is 1. The van der Waals surface area contributed by atoms with Crippen molar-refractivity contribution in [1.29, 1.82) is 0 Å². The molecule has 1 amide bonds. The predicted molar refractivity (Wildman–Crippen MR) is 76.7 cm³/mol. The smallest absolute Gasteiger partial charge is 0.312 e. The number of hydrogen-bond acceptors (Lipinski definition) is 3. The van der Waals surface area contributed by atoms with Gasteiger partial charge in [0.05, 0.1) is 5.56 Å². The topological polar surface area (TPSA) is 70.8 Å². The predicted octanol–water partition coefficient (Wildman–Crippen LogP) is 2.73. The number of carbonyl (C=O) groups is 2. The number of carboxylic acid groups (broad SMARTS) is 1. The zero-order chi connectivity index (χ0) is 15.1. The number of amides is 1. The number of hydrogen-bond donors (Lipinski definition) is 1. The van der Waals surface area contributed by atoms with Crippen molar-refractivity contribution >= 4 is 17.6 Å². The highest BCUT2D eigenvalue weighted by Gasteiger charge is 2.37. The first kappa shape index (κ1) is 13.4. The molecule has 1 aliphatic rings. The number of anilines is 1. The van der Waals surface area contributed by atoms with Gasteiger partial charge in [0.1, 0.15) is 17.4 Å². The largest absolute Gasteiger partial charge is 0.481 e. The summed E-state index contributed by atoms with van der Waals surface area (Å²) in [7, 11) is 0. The maximum atomic E-state index is 12.7. The van der Waals surface area contributed by atoms with E-state index in [1.165, 1.54) is 4.90 Å². The molecular formula is C16H15NO4. The van der Waals surface area contributed by atoms with Crippen LogP contribution in [0, 0.1) is 13.8 Å². The van der Waals surface area contributed by atoms with Crippen molar-refractivity contribution in [2.75, 3.05) is 11.4 Å². The molecule has 1 unspecified atom stereocenters.